The molecule has 1 aliphatic heterocycles. The summed E-state index contributed by atoms with van der Waals surface area (Å²) < 4.78 is 21.5. The molecular formula is C23H20N2O5. The van der Waals surface area contributed by atoms with E-state index in [1.165, 1.54) is 0 Å². The van der Waals surface area contributed by atoms with E-state index in [4.69, 9.17) is 18.9 Å². The van der Waals surface area contributed by atoms with E-state index in [-0.39, 0.29) is 12.7 Å². The Morgan fingerprint density at radius 3 is 2.70 bits per heavy atom. The van der Waals surface area contributed by atoms with E-state index < -0.39 is 0 Å². The Bertz CT molecular complexity index is 1060. The Hall–Kier alpha value is -4.00. The van der Waals surface area contributed by atoms with Gasteiger partial charge in [0.05, 0.1) is 13.3 Å². The van der Waals surface area contributed by atoms with Crippen LogP contribution in [-0.2, 0) is 6.61 Å². The zero-order chi connectivity index (χ0) is 20.8. The third kappa shape index (κ3) is 4.70. The van der Waals surface area contributed by atoms with Crippen molar-refractivity contribution < 1.29 is 23.7 Å². The summed E-state index contributed by atoms with van der Waals surface area (Å²) in [6.45, 7) is 0.620. The summed E-state index contributed by atoms with van der Waals surface area (Å²) >= 11 is 0. The lowest BCUT2D eigenvalue weighted by molar-refractivity contribution is 0.0955. The molecule has 1 N–H and O–H groups in total. The average Bonchev–Trinajstić information content (AvgIpc) is 3.26. The first kappa shape index (κ1) is 19.3. The number of nitrogens with one attached hydrogen (secondary N) is 1. The minimum Gasteiger partial charge on any atom is -0.497 e. The van der Waals surface area contributed by atoms with Gasteiger partial charge in [-0.05, 0) is 65.7 Å². The molecule has 0 aromatic heterocycles. The van der Waals surface area contributed by atoms with E-state index in [0.717, 1.165) is 16.9 Å². The Morgan fingerprint density at radius 2 is 1.87 bits per heavy atom. The molecule has 1 aliphatic rings. The van der Waals surface area contributed by atoms with Gasteiger partial charge in [-0.25, -0.2) is 5.43 Å². The van der Waals surface area contributed by atoms with Gasteiger partial charge in [0.1, 0.15) is 18.1 Å². The number of benzene rings is 3. The predicted octanol–water partition coefficient (Wildman–Crippen LogP) is 3.77. The second-order valence-corrected chi connectivity index (χ2v) is 6.48. The SMILES string of the molecule is COc1cccc(COc2ccc(C(=O)N/N=C\c3ccc4c(c3)OCO4)cc2)c1. The molecule has 30 heavy (non-hydrogen) atoms. The summed E-state index contributed by atoms with van der Waals surface area (Å²) in [5.74, 6) is 2.49. The number of hydrogen-bond acceptors (Lipinski definition) is 6. The molecule has 0 radical (unpaired) electrons. The molecule has 1 amide bonds. The average molecular weight is 404 g/mol. The highest BCUT2D eigenvalue weighted by molar-refractivity contribution is 5.95. The van der Waals surface area contributed by atoms with Crippen molar-refractivity contribution in [3.8, 4) is 23.0 Å². The topological polar surface area (TPSA) is 78.4 Å². The van der Waals surface area contributed by atoms with Crippen LogP contribution in [0.2, 0.25) is 0 Å². The number of carbonyl (C=O) groups is 1. The number of carbonyl (C=O) groups excluding carboxylic acids is 1. The third-order valence-corrected chi connectivity index (χ3v) is 4.43. The van der Waals surface area contributed by atoms with Crippen molar-refractivity contribution in [2.75, 3.05) is 13.9 Å². The van der Waals surface area contributed by atoms with Crippen LogP contribution < -0.4 is 24.4 Å². The van der Waals surface area contributed by atoms with Crippen LogP contribution in [0, 0.1) is 0 Å². The van der Waals surface area contributed by atoms with Gasteiger partial charge in [0.25, 0.3) is 5.91 Å². The fraction of sp³-hybridized carbons (Fsp3) is 0.130. The van der Waals surface area contributed by atoms with E-state index in [9.17, 15) is 4.79 Å². The molecule has 7 nitrogen and oxygen atoms in total. The Kier molecular flexibility index (Phi) is 5.80. The molecule has 152 valence electrons. The highest BCUT2D eigenvalue weighted by Crippen LogP contribution is 2.31. The Balaban J connectivity index is 1.30. The Labute approximate surface area is 173 Å². The summed E-state index contributed by atoms with van der Waals surface area (Å²) in [4.78, 5) is 12.3. The number of nitrogens with zero attached hydrogens (tertiary/aromatic N) is 1. The fourth-order valence-corrected chi connectivity index (χ4v) is 2.85. The van der Waals surface area contributed by atoms with E-state index in [0.29, 0.717) is 29.4 Å². The van der Waals surface area contributed by atoms with Crippen LogP contribution in [0.25, 0.3) is 0 Å². The number of methoxy groups -OCH3 is 1. The fourth-order valence-electron chi connectivity index (χ4n) is 2.85. The van der Waals surface area contributed by atoms with Gasteiger partial charge >= 0.3 is 0 Å². The quantitative estimate of drug-likeness (QED) is 0.479. The molecule has 0 spiro atoms. The summed E-state index contributed by atoms with van der Waals surface area (Å²) in [5, 5.41) is 3.99. The molecular weight excluding hydrogens is 384 g/mol. The molecule has 0 saturated heterocycles. The Morgan fingerprint density at radius 1 is 1.03 bits per heavy atom. The summed E-state index contributed by atoms with van der Waals surface area (Å²) in [6, 6.07) is 20.0. The van der Waals surface area contributed by atoms with Gasteiger partial charge in [0, 0.05) is 5.56 Å². The number of hydrazone groups is 1. The normalized spacial score (nSPS) is 12.0. The molecule has 3 aromatic rings. The van der Waals surface area contributed by atoms with Crippen molar-refractivity contribution in [1.82, 2.24) is 5.43 Å². The molecule has 3 aromatic carbocycles. The number of rotatable bonds is 7. The van der Waals surface area contributed by atoms with E-state index in [2.05, 4.69) is 10.5 Å². The number of amides is 1. The minimum absolute atomic E-state index is 0.214. The molecule has 1 heterocycles. The lowest BCUT2D eigenvalue weighted by atomic mass is 10.2. The smallest absolute Gasteiger partial charge is 0.271 e. The van der Waals surface area contributed by atoms with Crippen LogP contribution in [0.3, 0.4) is 0 Å². The first-order valence-electron chi connectivity index (χ1n) is 9.30. The minimum atomic E-state index is -0.314. The number of fused-ring (bicyclic) bond motifs is 1. The second-order valence-electron chi connectivity index (χ2n) is 6.48. The van der Waals surface area contributed by atoms with Gasteiger partial charge in [0.2, 0.25) is 6.79 Å². The highest BCUT2D eigenvalue weighted by atomic mass is 16.7. The summed E-state index contributed by atoms with van der Waals surface area (Å²) in [6.07, 6.45) is 1.55. The number of ether oxygens (including phenoxy) is 4. The van der Waals surface area contributed by atoms with Crippen molar-refractivity contribution in [2.24, 2.45) is 5.10 Å². The lowest BCUT2D eigenvalue weighted by Crippen LogP contribution is -2.17. The van der Waals surface area contributed by atoms with E-state index in [1.54, 1.807) is 49.7 Å². The van der Waals surface area contributed by atoms with Gasteiger partial charge in [-0.1, -0.05) is 12.1 Å². The first-order chi connectivity index (χ1) is 14.7. The first-order valence-corrected chi connectivity index (χ1v) is 9.30. The number of hydrogen-bond donors (Lipinski definition) is 1. The third-order valence-electron chi connectivity index (χ3n) is 4.43. The maximum atomic E-state index is 12.3. The lowest BCUT2D eigenvalue weighted by Gasteiger charge is -2.08. The molecule has 7 heteroatoms. The molecule has 0 unspecified atom stereocenters. The van der Waals surface area contributed by atoms with Gasteiger partial charge in [-0.2, -0.15) is 5.10 Å². The molecule has 4 rings (SSSR count). The summed E-state index contributed by atoms with van der Waals surface area (Å²) in [7, 11) is 1.63. The van der Waals surface area contributed by atoms with Crippen molar-refractivity contribution in [3.05, 3.63) is 83.4 Å². The monoisotopic (exact) mass is 404 g/mol. The van der Waals surface area contributed by atoms with Crippen LogP contribution >= 0.6 is 0 Å². The van der Waals surface area contributed by atoms with E-state index in [1.807, 2.05) is 30.3 Å². The molecule has 0 fully saturated rings. The van der Waals surface area contributed by atoms with Crippen LogP contribution in [0.4, 0.5) is 0 Å². The van der Waals surface area contributed by atoms with Gasteiger partial charge < -0.3 is 18.9 Å². The van der Waals surface area contributed by atoms with Crippen molar-refractivity contribution in [1.29, 1.82) is 0 Å². The van der Waals surface area contributed by atoms with Crippen LogP contribution in [0.5, 0.6) is 23.0 Å². The van der Waals surface area contributed by atoms with Crippen molar-refractivity contribution in [3.63, 3.8) is 0 Å². The van der Waals surface area contributed by atoms with Gasteiger partial charge in [-0.15, -0.1) is 0 Å². The standard InChI is InChI=1S/C23H20N2O5/c1-27-20-4-2-3-17(11-20)14-28-19-8-6-18(7-9-19)23(26)25-24-13-16-5-10-21-22(12-16)30-15-29-21/h2-13H,14-15H2,1H3,(H,25,26)/b24-13-. The van der Waals surface area contributed by atoms with Crippen molar-refractivity contribution >= 4 is 12.1 Å². The van der Waals surface area contributed by atoms with Crippen LogP contribution in [0.1, 0.15) is 21.5 Å². The van der Waals surface area contributed by atoms with Crippen molar-refractivity contribution in [2.45, 2.75) is 6.61 Å². The van der Waals surface area contributed by atoms with Gasteiger partial charge in [0.15, 0.2) is 11.5 Å². The maximum Gasteiger partial charge on any atom is 0.271 e. The predicted molar refractivity (Wildman–Crippen MR) is 111 cm³/mol. The van der Waals surface area contributed by atoms with E-state index >= 15 is 0 Å². The summed E-state index contributed by atoms with van der Waals surface area (Å²) in [5.41, 5.74) is 4.77. The molecule has 0 bridgehead atoms. The largest absolute Gasteiger partial charge is 0.497 e. The zero-order valence-corrected chi connectivity index (χ0v) is 16.3. The maximum absolute atomic E-state index is 12.3. The zero-order valence-electron chi connectivity index (χ0n) is 16.3. The highest BCUT2D eigenvalue weighted by Gasteiger charge is 2.12. The second kappa shape index (κ2) is 9.00. The van der Waals surface area contributed by atoms with Gasteiger partial charge in [-0.3, -0.25) is 4.79 Å². The van der Waals surface area contributed by atoms with Crippen LogP contribution in [0.15, 0.2) is 71.8 Å². The molecule has 0 atom stereocenters. The molecule has 0 saturated carbocycles. The molecule has 0 aliphatic carbocycles. The van der Waals surface area contributed by atoms with Crippen LogP contribution in [-0.4, -0.2) is 26.0 Å².